The van der Waals surface area contributed by atoms with Crippen molar-refractivity contribution in [3.63, 3.8) is 0 Å². The van der Waals surface area contributed by atoms with Crippen LogP contribution in [0.1, 0.15) is 30.6 Å². The number of nitrogens with zero attached hydrogens (tertiary/aromatic N) is 1. The first kappa shape index (κ1) is 15.8. The number of likely N-dealkylation sites (N-methyl/N-ethyl adjacent to an activating group) is 1. The van der Waals surface area contributed by atoms with Crippen LogP contribution in [-0.4, -0.2) is 37.0 Å². The maximum absolute atomic E-state index is 12.0. The van der Waals surface area contributed by atoms with E-state index in [0.717, 1.165) is 13.0 Å². The minimum Gasteiger partial charge on any atom is -0.398 e. The van der Waals surface area contributed by atoms with E-state index in [-0.39, 0.29) is 5.91 Å². The number of nitrogen functional groups attached to an aromatic ring is 1. The van der Waals surface area contributed by atoms with Gasteiger partial charge in [-0.2, -0.15) is 0 Å². The molecule has 0 aromatic heterocycles. The summed E-state index contributed by atoms with van der Waals surface area (Å²) in [6.45, 7) is 5.70. The van der Waals surface area contributed by atoms with Crippen molar-refractivity contribution in [2.24, 2.45) is 0 Å². The molecule has 4 nitrogen and oxygen atoms in total. The molecule has 1 aromatic carbocycles. The fourth-order valence-electron chi connectivity index (χ4n) is 1.70. The Morgan fingerprint density at radius 2 is 2.21 bits per heavy atom. The Morgan fingerprint density at radius 1 is 1.53 bits per heavy atom. The van der Waals surface area contributed by atoms with Crippen molar-refractivity contribution in [2.45, 2.75) is 26.3 Å². The molecule has 0 aliphatic carbocycles. The lowest BCUT2D eigenvalue weighted by Gasteiger charge is -2.23. The number of benzene rings is 1. The minimum atomic E-state index is -0.183. The lowest BCUT2D eigenvalue weighted by molar-refractivity contribution is 0.0948. The third kappa shape index (κ3) is 4.73. The van der Waals surface area contributed by atoms with Gasteiger partial charge in [0.15, 0.2) is 0 Å². The zero-order chi connectivity index (χ0) is 14.4. The van der Waals surface area contributed by atoms with Crippen molar-refractivity contribution in [3.8, 4) is 0 Å². The Morgan fingerprint density at radius 3 is 2.84 bits per heavy atom. The molecule has 0 saturated carbocycles. The highest BCUT2D eigenvalue weighted by molar-refractivity contribution is 6.31. The van der Waals surface area contributed by atoms with Gasteiger partial charge < -0.3 is 16.0 Å². The van der Waals surface area contributed by atoms with Crippen LogP contribution in [0, 0.1) is 0 Å². The first-order valence-electron chi connectivity index (χ1n) is 6.49. The topological polar surface area (TPSA) is 58.4 Å². The second kappa shape index (κ2) is 7.36. The van der Waals surface area contributed by atoms with Gasteiger partial charge in [0.05, 0.1) is 5.56 Å². The summed E-state index contributed by atoms with van der Waals surface area (Å²) in [5.41, 5.74) is 6.63. The number of nitrogens with one attached hydrogen (secondary N) is 1. The van der Waals surface area contributed by atoms with Crippen LogP contribution in [0.25, 0.3) is 0 Å². The highest BCUT2D eigenvalue weighted by Crippen LogP contribution is 2.17. The summed E-state index contributed by atoms with van der Waals surface area (Å²) in [6, 6.07) is 5.41. The Balaban J connectivity index is 2.50. The molecule has 1 atom stereocenters. The number of hydrogen-bond donors (Lipinski definition) is 2. The zero-order valence-electron chi connectivity index (χ0n) is 11.7. The van der Waals surface area contributed by atoms with Crippen molar-refractivity contribution < 1.29 is 4.79 Å². The molecule has 0 bridgehead atoms. The maximum atomic E-state index is 12.0. The lowest BCUT2D eigenvalue weighted by atomic mass is 10.1. The van der Waals surface area contributed by atoms with Crippen LogP contribution in [0.3, 0.4) is 0 Å². The van der Waals surface area contributed by atoms with Gasteiger partial charge in [-0.25, -0.2) is 0 Å². The number of anilines is 1. The molecule has 0 fully saturated rings. The first-order chi connectivity index (χ1) is 8.95. The molecule has 5 heteroatoms. The molecule has 0 heterocycles. The van der Waals surface area contributed by atoms with Crippen molar-refractivity contribution in [1.29, 1.82) is 0 Å². The van der Waals surface area contributed by atoms with E-state index < -0.39 is 0 Å². The highest BCUT2D eigenvalue weighted by atomic mass is 35.5. The summed E-state index contributed by atoms with van der Waals surface area (Å²) in [7, 11) is 2.05. The average molecular weight is 284 g/mol. The predicted octanol–water partition coefficient (Wildman–Crippen LogP) is 2.38. The van der Waals surface area contributed by atoms with Crippen LogP contribution >= 0.6 is 11.6 Å². The molecule has 1 amide bonds. The molecule has 0 radical (unpaired) electrons. The molecule has 3 N–H and O–H groups in total. The Labute approximate surface area is 119 Å². The normalized spacial score (nSPS) is 12.5. The van der Waals surface area contributed by atoms with E-state index in [4.69, 9.17) is 17.3 Å². The summed E-state index contributed by atoms with van der Waals surface area (Å²) >= 11 is 5.86. The van der Waals surface area contributed by atoms with E-state index in [9.17, 15) is 4.79 Å². The Hall–Kier alpha value is -1.26. The third-order valence-corrected chi connectivity index (χ3v) is 3.59. The fourth-order valence-corrected chi connectivity index (χ4v) is 1.87. The van der Waals surface area contributed by atoms with Gasteiger partial charge in [-0.3, -0.25) is 4.79 Å². The summed E-state index contributed by atoms with van der Waals surface area (Å²) < 4.78 is 0. The molecular weight excluding hydrogens is 262 g/mol. The zero-order valence-corrected chi connectivity index (χ0v) is 12.5. The lowest BCUT2D eigenvalue weighted by Crippen LogP contribution is -2.37. The van der Waals surface area contributed by atoms with E-state index in [1.54, 1.807) is 18.2 Å². The van der Waals surface area contributed by atoms with Gasteiger partial charge in [0.1, 0.15) is 0 Å². The molecule has 0 aliphatic rings. The van der Waals surface area contributed by atoms with Crippen LogP contribution in [0.5, 0.6) is 0 Å². The first-order valence-corrected chi connectivity index (χ1v) is 6.87. The van der Waals surface area contributed by atoms with Crippen LogP contribution in [-0.2, 0) is 0 Å². The van der Waals surface area contributed by atoms with E-state index >= 15 is 0 Å². The van der Waals surface area contributed by atoms with Crippen LogP contribution in [0.2, 0.25) is 5.02 Å². The highest BCUT2D eigenvalue weighted by Gasteiger charge is 2.11. The van der Waals surface area contributed by atoms with Crippen LogP contribution in [0.15, 0.2) is 18.2 Å². The largest absolute Gasteiger partial charge is 0.398 e. The second-order valence-corrected chi connectivity index (χ2v) is 5.16. The molecule has 1 unspecified atom stereocenters. The van der Waals surface area contributed by atoms with Gasteiger partial charge in [0.25, 0.3) is 5.91 Å². The third-order valence-electron chi connectivity index (χ3n) is 3.35. The van der Waals surface area contributed by atoms with Gasteiger partial charge in [-0.15, -0.1) is 0 Å². The fraction of sp³-hybridized carbons (Fsp3) is 0.500. The number of halogens is 1. The number of carbonyl (C=O) groups is 1. The molecule has 106 valence electrons. The molecular formula is C14H22ClN3O. The van der Waals surface area contributed by atoms with Crippen molar-refractivity contribution in [2.75, 3.05) is 25.9 Å². The molecule has 19 heavy (non-hydrogen) atoms. The van der Waals surface area contributed by atoms with Crippen molar-refractivity contribution in [3.05, 3.63) is 28.8 Å². The summed E-state index contributed by atoms with van der Waals surface area (Å²) in [6.07, 6.45) is 1.09. The molecule has 1 rings (SSSR count). The van der Waals surface area contributed by atoms with Gasteiger partial charge in [-0.05, 0) is 38.6 Å². The van der Waals surface area contributed by atoms with Gasteiger partial charge in [0, 0.05) is 29.8 Å². The predicted molar refractivity (Wildman–Crippen MR) is 80.6 cm³/mol. The molecule has 0 saturated heterocycles. The molecule has 0 spiro atoms. The number of amides is 1. The monoisotopic (exact) mass is 283 g/mol. The molecule has 0 aliphatic heterocycles. The number of hydrogen-bond acceptors (Lipinski definition) is 3. The smallest absolute Gasteiger partial charge is 0.253 e. The number of rotatable bonds is 6. The minimum absolute atomic E-state index is 0.183. The summed E-state index contributed by atoms with van der Waals surface area (Å²) in [5, 5.41) is 3.37. The second-order valence-electron chi connectivity index (χ2n) is 4.73. The Kier molecular flexibility index (Phi) is 6.12. The summed E-state index contributed by atoms with van der Waals surface area (Å²) in [4.78, 5) is 14.2. The van der Waals surface area contributed by atoms with Gasteiger partial charge >= 0.3 is 0 Å². The Bertz CT molecular complexity index is 437. The van der Waals surface area contributed by atoms with Crippen LogP contribution in [0.4, 0.5) is 5.69 Å². The van der Waals surface area contributed by atoms with E-state index in [1.807, 2.05) is 7.05 Å². The molecule has 1 aromatic rings. The van der Waals surface area contributed by atoms with Crippen LogP contribution < -0.4 is 11.1 Å². The van der Waals surface area contributed by atoms with Gasteiger partial charge in [0.2, 0.25) is 0 Å². The quantitative estimate of drug-likeness (QED) is 0.788. The SMILES string of the molecule is CCC(C)N(C)CCNC(=O)c1cc(Cl)ccc1N. The van der Waals surface area contributed by atoms with E-state index in [1.165, 1.54) is 0 Å². The van der Waals surface area contributed by atoms with Crippen molar-refractivity contribution >= 4 is 23.2 Å². The average Bonchev–Trinajstić information content (AvgIpc) is 2.40. The summed E-state index contributed by atoms with van der Waals surface area (Å²) in [5.74, 6) is -0.183. The maximum Gasteiger partial charge on any atom is 0.253 e. The van der Waals surface area contributed by atoms with Gasteiger partial charge in [-0.1, -0.05) is 18.5 Å². The number of carbonyl (C=O) groups excluding carboxylic acids is 1. The number of nitrogens with two attached hydrogens (primary N) is 1. The van der Waals surface area contributed by atoms with E-state index in [2.05, 4.69) is 24.1 Å². The standard InChI is InChI=1S/C14H22ClN3O/c1-4-10(2)18(3)8-7-17-14(19)12-9-11(15)5-6-13(12)16/h5-6,9-10H,4,7-8,16H2,1-3H3,(H,17,19). The van der Waals surface area contributed by atoms with E-state index in [0.29, 0.717) is 28.9 Å². The van der Waals surface area contributed by atoms with Crippen molar-refractivity contribution in [1.82, 2.24) is 10.2 Å².